The summed E-state index contributed by atoms with van der Waals surface area (Å²) in [6.45, 7) is 13.4. The van der Waals surface area contributed by atoms with Crippen molar-refractivity contribution >= 4 is 8.88 Å². The summed E-state index contributed by atoms with van der Waals surface area (Å²) in [5.74, 6) is 0. The van der Waals surface area contributed by atoms with Gasteiger partial charge in [-0.05, 0) is 26.2 Å². The van der Waals surface area contributed by atoms with Gasteiger partial charge < -0.3 is 18.2 Å². The molecular formula is C8H20N2P-. The predicted molar refractivity (Wildman–Crippen MR) is 52.8 cm³/mol. The Balaban J connectivity index is 3.58. The molecule has 0 spiro atoms. The fraction of sp³-hybridized carbons (Fsp3) is 1.00. The van der Waals surface area contributed by atoms with Crippen molar-refractivity contribution in [2.45, 2.75) is 27.7 Å². The normalized spacial score (nSPS) is 11.5. The molecule has 0 fully saturated rings. The first-order valence-corrected chi connectivity index (χ1v) is 5.29. The minimum absolute atomic E-state index is 1.15. The van der Waals surface area contributed by atoms with Gasteiger partial charge in [-0.15, -0.1) is 0 Å². The molecular weight excluding hydrogens is 155 g/mol. The van der Waals surface area contributed by atoms with Gasteiger partial charge in [-0.1, -0.05) is 27.7 Å². The maximum atomic E-state index is 2.41. The lowest BCUT2D eigenvalue weighted by Crippen LogP contribution is -2.22. The van der Waals surface area contributed by atoms with Crippen molar-refractivity contribution in [3.8, 4) is 0 Å². The molecule has 0 bridgehead atoms. The summed E-state index contributed by atoms with van der Waals surface area (Å²) in [7, 11) is 1.37. The number of rotatable bonds is 6. The second-order valence-electron chi connectivity index (χ2n) is 2.37. The first-order valence-electron chi connectivity index (χ1n) is 4.49. The minimum Gasteiger partial charge on any atom is -0.446 e. The molecule has 3 heteroatoms. The molecule has 0 N–H and O–H groups in total. The van der Waals surface area contributed by atoms with Crippen molar-refractivity contribution in [1.29, 1.82) is 0 Å². The molecule has 0 aliphatic rings. The molecule has 0 aliphatic heterocycles. The van der Waals surface area contributed by atoms with E-state index in [0.717, 1.165) is 26.2 Å². The topological polar surface area (TPSA) is 6.48 Å². The van der Waals surface area contributed by atoms with Crippen molar-refractivity contribution in [3.05, 3.63) is 0 Å². The summed E-state index contributed by atoms with van der Waals surface area (Å²) in [6.07, 6.45) is 0. The van der Waals surface area contributed by atoms with E-state index in [2.05, 4.69) is 37.0 Å². The van der Waals surface area contributed by atoms with Crippen LogP contribution in [-0.4, -0.2) is 35.5 Å². The third-order valence-corrected chi connectivity index (χ3v) is 3.35. The van der Waals surface area contributed by atoms with Crippen LogP contribution in [0.4, 0.5) is 0 Å². The van der Waals surface area contributed by atoms with E-state index in [1.165, 1.54) is 8.88 Å². The minimum atomic E-state index is 1.15. The quantitative estimate of drug-likeness (QED) is 0.572. The highest BCUT2D eigenvalue weighted by atomic mass is 31.1. The summed E-state index contributed by atoms with van der Waals surface area (Å²) in [6, 6.07) is 0. The standard InChI is InChI=1S/C8H20N2P/c1-5-9(6-2)11-10(7-3)8-4/h5-8H2,1-4H3/q-1. The van der Waals surface area contributed by atoms with Gasteiger partial charge in [-0.2, -0.15) is 0 Å². The lowest BCUT2D eigenvalue weighted by molar-refractivity contribution is 0.439. The predicted octanol–water partition coefficient (Wildman–Crippen LogP) is 2.45. The van der Waals surface area contributed by atoms with Gasteiger partial charge in [0.15, 0.2) is 0 Å². The Morgan fingerprint density at radius 3 is 1.18 bits per heavy atom. The summed E-state index contributed by atoms with van der Waals surface area (Å²) in [5.41, 5.74) is 0. The van der Waals surface area contributed by atoms with Gasteiger partial charge in [0.2, 0.25) is 0 Å². The maximum absolute atomic E-state index is 2.41. The summed E-state index contributed by atoms with van der Waals surface area (Å²) < 4.78 is 4.82. The van der Waals surface area contributed by atoms with Gasteiger partial charge in [0, 0.05) is 0 Å². The smallest absolute Gasteiger partial charge is 0.0314 e. The zero-order valence-corrected chi connectivity index (χ0v) is 9.06. The Morgan fingerprint density at radius 1 is 0.727 bits per heavy atom. The van der Waals surface area contributed by atoms with E-state index in [1.54, 1.807) is 0 Å². The van der Waals surface area contributed by atoms with Crippen molar-refractivity contribution in [2.24, 2.45) is 0 Å². The molecule has 0 heterocycles. The van der Waals surface area contributed by atoms with Gasteiger partial charge >= 0.3 is 0 Å². The van der Waals surface area contributed by atoms with Crippen molar-refractivity contribution in [2.75, 3.05) is 26.2 Å². The van der Waals surface area contributed by atoms with E-state index in [4.69, 9.17) is 0 Å². The Kier molecular flexibility index (Phi) is 7.25. The lowest BCUT2D eigenvalue weighted by Gasteiger charge is -2.43. The molecule has 0 saturated heterocycles. The van der Waals surface area contributed by atoms with E-state index >= 15 is 0 Å². The zero-order chi connectivity index (χ0) is 8.69. The summed E-state index contributed by atoms with van der Waals surface area (Å²) in [4.78, 5) is 0. The van der Waals surface area contributed by atoms with Crippen LogP contribution in [0.3, 0.4) is 0 Å². The molecule has 68 valence electrons. The third-order valence-electron chi connectivity index (χ3n) is 1.71. The molecule has 11 heavy (non-hydrogen) atoms. The van der Waals surface area contributed by atoms with E-state index < -0.39 is 0 Å². The fourth-order valence-electron chi connectivity index (χ4n) is 0.879. The molecule has 0 rings (SSSR count). The molecule has 0 aliphatic carbocycles. The highest BCUT2D eigenvalue weighted by Gasteiger charge is 1.88. The molecule has 0 amide bonds. The molecule has 0 aromatic heterocycles. The Hall–Kier alpha value is 0.350. The van der Waals surface area contributed by atoms with Crippen LogP contribution in [-0.2, 0) is 0 Å². The highest BCUT2D eigenvalue weighted by Crippen LogP contribution is 2.21. The van der Waals surface area contributed by atoms with Gasteiger partial charge in [0.1, 0.15) is 0 Å². The SMILES string of the molecule is CCN(CC)[P-]N(CC)CC. The second kappa shape index (κ2) is 7.02. The van der Waals surface area contributed by atoms with Gasteiger partial charge in [0.05, 0.1) is 0 Å². The number of nitrogens with zero attached hydrogens (tertiary/aromatic N) is 2. The van der Waals surface area contributed by atoms with Crippen molar-refractivity contribution in [3.63, 3.8) is 0 Å². The summed E-state index contributed by atoms with van der Waals surface area (Å²) >= 11 is 0. The van der Waals surface area contributed by atoms with E-state index in [9.17, 15) is 0 Å². The van der Waals surface area contributed by atoms with Crippen LogP contribution in [0.2, 0.25) is 0 Å². The van der Waals surface area contributed by atoms with E-state index in [-0.39, 0.29) is 0 Å². The average Bonchev–Trinajstić information content (AvgIpc) is 2.07. The Morgan fingerprint density at radius 2 is 1.00 bits per heavy atom. The van der Waals surface area contributed by atoms with Crippen LogP contribution in [0.25, 0.3) is 0 Å². The van der Waals surface area contributed by atoms with Crippen LogP contribution in [0.15, 0.2) is 0 Å². The van der Waals surface area contributed by atoms with Crippen LogP contribution in [0.5, 0.6) is 0 Å². The van der Waals surface area contributed by atoms with Gasteiger partial charge in [-0.3, -0.25) is 0 Å². The maximum Gasteiger partial charge on any atom is -0.0314 e. The number of hydrogen-bond donors (Lipinski definition) is 0. The van der Waals surface area contributed by atoms with Crippen molar-refractivity contribution < 1.29 is 0 Å². The third kappa shape index (κ3) is 4.73. The number of hydrogen-bond acceptors (Lipinski definition) is 2. The molecule has 0 radical (unpaired) electrons. The van der Waals surface area contributed by atoms with Crippen LogP contribution < -0.4 is 0 Å². The molecule has 0 atom stereocenters. The monoisotopic (exact) mass is 175 g/mol. The largest absolute Gasteiger partial charge is 0.446 e. The molecule has 0 aromatic carbocycles. The van der Waals surface area contributed by atoms with Gasteiger partial charge in [-0.25, -0.2) is 0 Å². The van der Waals surface area contributed by atoms with Crippen molar-refractivity contribution in [1.82, 2.24) is 9.34 Å². The molecule has 0 saturated carbocycles. The highest BCUT2D eigenvalue weighted by molar-refractivity contribution is 7.32. The average molecular weight is 175 g/mol. The first-order chi connectivity index (χ1) is 5.28. The van der Waals surface area contributed by atoms with Crippen LogP contribution in [0.1, 0.15) is 27.7 Å². The lowest BCUT2D eigenvalue weighted by atomic mass is 10.7. The summed E-state index contributed by atoms with van der Waals surface area (Å²) in [5, 5.41) is 0. The second-order valence-corrected chi connectivity index (χ2v) is 3.68. The fourth-order valence-corrected chi connectivity index (χ4v) is 1.74. The van der Waals surface area contributed by atoms with E-state index in [1.807, 2.05) is 0 Å². The Labute approximate surface area is 72.8 Å². The first kappa shape index (κ1) is 11.4. The molecule has 2 nitrogen and oxygen atoms in total. The zero-order valence-electron chi connectivity index (χ0n) is 8.17. The van der Waals surface area contributed by atoms with Crippen LogP contribution in [0, 0.1) is 0 Å². The van der Waals surface area contributed by atoms with E-state index in [0.29, 0.717) is 0 Å². The van der Waals surface area contributed by atoms with Crippen LogP contribution >= 0.6 is 8.88 Å². The van der Waals surface area contributed by atoms with Gasteiger partial charge in [0.25, 0.3) is 0 Å². The molecule has 0 aromatic rings. The Bertz CT molecular complexity index is 70.2. The molecule has 0 unspecified atom stereocenters.